The maximum atomic E-state index is 13.7. The first kappa shape index (κ1) is 21.8. The predicted octanol–water partition coefficient (Wildman–Crippen LogP) is 1.76. The summed E-state index contributed by atoms with van der Waals surface area (Å²) in [5, 5.41) is 6.89. The van der Waals surface area contributed by atoms with E-state index < -0.39 is 6.04 Å². The van der Waals surface area contributed by atoms with Gasteiger partial charge >= 0.3 is 0 Å². The average Bonchev–Trinajstić information content (AvgIpc) is 2.96. The molecule has 0 saturated carbocycles. The summed E-state index contributed by atoms with van der Waals surface area (Å²) in [5.41, 5.74) is 3.93. The van der Waals surface area contributed by atoms with Crippen molar-refractivity contribution in [3.8, 4) is 0 Å². The molecule has 166 valence electrons. The van der Waals surface area contributed by atoms with Crippen LogP contribution in [0, 0.1) is 0 Å². The summed E-state index contributed by atoms with van der Waals surface area (Å²) in [5.74, 6) is -0.276. The molecule has 7 nitrogen and oxygen atoms in total. The topological polar surface area (TPSA) is 74.6 Å². The van der Waals surface area contributed by atoms with Gasteiger partial charge in [-0.15, -0.1) is 0 Å². The van der Waals surface area contributed by atoms with E-state index in [0.29, 0.717) is 13.0 Å². The summed E-state index contributed by atoms with van der Waals surface area (Å²) in [7, 11) is 3.36. The number of hydrogen-bond donors (Lipinski definition) is 2. The summed E-state index contributed by atoms with van der Waals surface area (Å²) in [6.45, 7) is 2.18. The number of hydrogen-bond acceptors (Lipinski definition) is 4. The van der Waals surface area contributed by atoms with E-state index in [1.807, 2.05) is 54.7 Å². The van der Waals surface area contributed by atoms with E-state index in [9.17, 15) is 9.59 Å². The Morgan fingerprint density at radius 1 is 1.19 bits per heavy atom. The third kappa shape index (κ3) is 4.16. The maximum Gasteiger partial charge on any atom is 0.264 e. The molecule has 0 radical (unpaired) electrons. The molecule has 0 aliphatic carbocycles. The lowest BCUT2D eigenvalue weighted by Gasteiger charge is -2.27. The molecule has 32 heavy (non-hydrogen) atoms. The smallest absolute Gasteiger partial charge is 0.264 e. The summed E-state index contributed by atoms with van der Waals surface area (Å²) >= 11 is 0. The molecule has 0 bridgehead atoms. The number of aromatic nitrogens is 1. The lowest BCUT2D eigenvalue weighted by atomic mass is 10.1. The van der Waals surface area contributed by atoms with E-state index in [-0.39, 0.29) is 17.9 Å². The zero-order chi connectivity index (χ0) is 22.7. The molecule has 3 aromatic rings. The monoisotopic (exact) mass is 433 g/mol. The second-order valence-electron chi connectivity index (χ2n) is 8.03. The fraction of sp³-hybridized carbons (Fsp3) is 0.320. The zero-order valence-electron chi connectivity index (χ0n) is 18.7. The number of carbonyl (C=O) groups is 2. The molecule has 2 heterocycles. The van der Waals surface area contributed by atoms with Gasteiger partial charge in [0.25, 0.3) is 5.52 Å². The fourth-order valence-electron chi connectivity index (χ4n) is 4.17. The Kier molecular flexibility index (Phi) is 6.37. The predicted molar refractivity (Wildman–Crippen MR) is 123 cm³/mol. The third-order valence-corrected chi connectivity index (χ3v) is 6.12. The second-order valence-corrected chi connectivity index (χ2v) is 8.03. The number of pyridine rings is 1. The summed E-state index contributed by atoms with van der Waals surface area (Å²) in [4.78, 5) is 33.4. The van der Waals surface area contributed by atoms with Crippen molar-refractivity contribution in [2.75, 3.05) is 19.1 Å². The van der Waals surface area contributed by atoms with E-state index in [1.54, 1.807) is 30.7 Å². The first-order valence-corrected chi connectivity index (χ1v) is 10.9. The van der Waals surface area contributed by atoms with Gasteiger partial charge in [-0.25, -0.2) is 0 Å². The van der Waals surface area contributed by atoms with Crippen LogP contribution in [-0.2, 0) is 22.6 Å². The lowest BCUT2D eigenvalue weighted by molar-refractivity contribution is -0.865. The number of nitrogens with one attached hydrogen (secondary N) is 2. The van der Waals surface area contributed by atoms with Crippen LogP contribution >= 0.6 is 0 Å². The van der Waals surface area contributed by atoms with Crippen molar-refractivity contribution in [3.63, 3.8) is 0 Å². The first-order chi connectivity index (χ1) is 15.5. The van der Waals surface area contributed by atoms with Gasteiger partial charge in [0.05, 0.1) is 18.0 Å². The summed E-state index contributed by atoms with van der Waals surface area (Å²) < 4.78 is 1.71. The van der Waals surface area contributed by atoms with Crippen LogP contribution < -0.4 is 25.1 Å². The van der Waals surface area contributed by atoms with Crippen LogP contribution in [0.15, 0.2) is 60.8 Å². The van der Waals surface area contributed by atoms with Crippen molar-refractivity contribution in [2.45, 2.75) is 38.4 Å². The van der Waals surface area contributed by atoms with Gasteiger partial charge in [-0.3, -0.25) is 14.4 Å². The molecule has 1 aliphatic heterocycles. The number of benzene rings is 2. The van der Waals surface area contributed by atoms with Crippen molar-refractivity contribution in [3.05, 3.63) is 71.9 Å². The quantitative estimate of drug-likeness (QED) is 0.581. The first-order valence-electron chi connectivity index (χ1n) is 10.9. The van der Waals surface area contributed by atoms with Gasteiger partial charge in [-0.05, 0) is 50.1 Å². The minimum absolute atomic E-state index is 0.0980. The minimum atomic E-state index is -0.579. The Morgan fingerprint density at radius 3 is 2.72 bits per heavy atom. The molecular formula is C25H29N4O3+. The van der Waals surface area contributed by atoms with Crippen molar-refractivity contribution in [1.29, 1.82) is 0 Å². The number of aryl methyl sites for hydroxylation is 1. The van der Waals surface area contributed by atoms with Gasteiger partial charge in [0.15, 0.2) is 0 Å². The molecule has 0 fully saturated rings. The SMILES string of the molecule is CN[C@@H](C)C(=O)NC1CCc2ccccc2N(Cc2cc[n+](OC)c3ccccc23)C1=O. The normalized spacial score (nSPS) is 16.9. The number of rotatable bonds is 6. The fourth-order valence-corrected chi connectivity index (χ4v) is 4.17. The molecule has 1 aliphatic rings. The number of likely N-dealkylation sites (N-methyl/N-ethyl adjacent to an activating group) is 1. The molecule has 2 N–H and O–H groups in total. The van der Waals surface area contributed by atoms with Gasteiger partial charge in [0.1, 0.15) is 13.2 Å². The number of para-hydroxylation sites is 2. The minimum Gasteiger partial charge on any atom is -0.343 e. The average molecular weight is 434 g/mol. The van der Waals surface area contributed by atoms with Gasteiger partial charge in [-0.1, -0.05) is 30.3 Å². The number of nitrogens with zero attached hydrogens (tertiary/aromatic N) is 2. The highest BCUT2D eigenvalue weighted by Gasteiger charge is 2.32. The summed E-state index contributed by atoms with van der Waals surface area (Å²) in [6, 6.07) is 17.0. The van der Waals surface area contributed by atoms with Crippen LogP contribution in [0.1, 0.15) is 24.5 Å². The van der Waals surface area contributed by atoms with Crippen molar-refractivity contribution < 1.29 is 19.2 Å². The van der Waals surface area contributed by atoms with E-state index in [1.165, 1.54) is 0 Å². The van der Waals surface area contributed by atoms with E-state index in [4.69, 9.17) is 4.84 Å². The highest BCUT2D eigenvalue weighted by atomic mass is 16.6. The molecule has 1 unspecified atom stereocenters. The summed E-state index contributed by atoms with van der Waals surface area (Å²) in [6.07, 6.45) is 3.14. The number of anilines is 1. The number of fused-ring (bicyclic) bond motifs is 2. The van der Waals surface area contributed by atoms with Crippen molar-refractivity contribution in [2.24, 2.45) is 0 Å². The molecule has 0 spiro atoms. The Hall–Kier alpha value is -3.45. The van der Waals surface area contributed by atoms with Crippen LogP contribution in [0.4, 0.5) is 5.69 Å². The zero-order valence-corrected chi connectivity index (χ0v) is 18.7. The highest BCUT2D eigenvalue weighted by Crippen LogP contribution is 2.29. The molecule has 2 atom stereocenters. The Balaban J connectivity index is 1.73. The van der Waals surface area contributed by atoms with Crippen LogP contribution in [-0.4, -0.2) is 38.1 Å². The molecule has 2 amide bonds. The van der Waals surface area contributed by atoms with Crippen LogP contribution in [0.25, 0.3) is 10.9 Å². The molecule has 7 heteroatoms. The van der Waals surface area contributed by atoms with Crippen molar-refractivity contribution >= 4 is 28.4 Å². The Morgan fingerprint density at radius 2 is 1.94 bits per heavy atom. The van der Waals surface area contributed by atoms with Crippen LogP contribution in [0.3, 0.4) is 0 Å². The molecular weight excluding hydrogens is 404 g/mol. The standard InChI is InChI=1S/C25H28N4O3/c1-17(26-2)24(30)27-21-13-12-18-8-4-6-10-22(18)28(25(21)31)16-19-14-15-29(32-3)23-11-7-5-9-20(19)23/h4-11,14-15,17,21,26H,12-13,16H2,1-3H3/p+1/t17-,21?/m0/s1. The molecule has 1 aromatic heterocycles. The maximum absolute atomic E-state index is 13.7. The molecule has 2 aromatic carbocycles. The number of amides is 2. The Bertz CT molecular complexity index is 1150. The highest BCUT2D eigenvalue weighted by molar-refractivity contribution is 6.01. The van der Waals surface area contributed by atoms with Gasteiger partial charge < -0.3 is 15.5 Å². The van der Waals surface area contributed by atoms with E-state index in [0.717, 1.165) is 34.1 Å². The lowest BCUT2D eigenvalue weighted by Crippen LogP contribution is -2.52. The second kappa shape index (κ2) is 9.36. The largest absolute Gasteiger partial charge is 0.343 e. The Labute approximate surface area is 187 Å². The van der Waals surface area contributed by atoms with Crippen LogP contribution in [0.5, 0.6) is 0 Å². The molecule has 4 rings (SSSR count). The van der Waals surface area contributed by atoms with Crippen LogP contribution in [0.2, 0.25) is 0 Å². The van der Waals surface area contributed by atoms with E-state index in [2.05, 4.69) is 16.7 Å². The van der Waals surface area contributed by atoms with Gasteiger partial charge in [0.2, 0.25) is 18.0 Å². The molecule has 0 saturated heterocycles. The van der Waals surface area contributed by atoms with Gasteiger partial charge in [0, 0.05) is 22.6 Å². The number of carbonyl (C=O) groups excluding carboxylic acids is 2. The van der Waals surface area contributed by atoms with E-state index >= 15 is 0 Å². The van der Waals surface area contributed by atoms with Gasteiger partial charge in [-0.2, -0.15) is 0 Å². The third-order valence-electron chi connectivity index (χ3n) is 6.12. The van der Waals surface area contributed by atoms with Crippen molar-refractivity contribution in [1.82, 2.24) is 10.6 Å².